The highest BCUT2D eigenvalue weighted by molar-refractivity contribution is 7.11. The van der Waals surface area contributed by atoms with E-state index in [0.717, 1.165) is 17.9 Å². The second kappa shape index (κ2) is 6.02. The lowest BCUT2D eigenvalue weighted by Gasteiger charge is -2.14. The van der Waals surface area contributed by atoms with E-state index in [2.05, 4.69) is 46.6 Å². The molecule has 2 heterocycles. The molecule has 2 aromatic heterocycles. The average molecular weight is 276 g/mol. The number of nitrogens with zero attached hydrogens (tertiary/aromatic N) is 2. The zero-order valence-electron chi connectivity index (χ0n) is 11.8. The Labute approximate surface area is 118 Å². The van der Waals surface area contributed by atoms with Crippen molar-refractivity contribution >= 4 is 23.1 Å². The zero-order valence-corrected chi connectivity index (χ0v) is 12.6. The molecule has 0 saturated carbocycles. The molecule has 0 amide bonds. The first kappa shape index (κ1) is 13.8. The highest BCUT2D eigenvalue weighted by atomic mass is 32.1. The Hall–Kier alpha value is -1.62. The predicted molar refractivity (Wildman–Crippen MR) is 82.2 cm³/mol. The van der Waals surface area contributed by atoms with E-state index in [0.29, 0.717) is 12.0 Å². The lowest BCUT2D eigenvalue weighted by Crippen LogP contribution is -2.19. The molecule has 0 radical (unpaired) electrons. The predicted octanol–water partition coefficient (Wildman–Crippen LogP) is 3.24. The van der Waals surface area contributed by atoms with Gasteiger partial charge in [-0.05, 0) is 32.9 Å². The molecule has 0 bridgehead atoms. The second-order valence-electron chi connectivity index (χ2n) is 4.73. The summed E-state index contributed by atoms with van der Waals surface area (Å²) in [7, 11) is 1.83. The van der Waals surface area contributed by atoms with Gasteiger partial charge < -0.3 is 10.6 Å². The van der Waals surface area contributed by atoms with Crippen LogP contribution in [0.15, 0.2) is 18.2 Å². The molecule has 2 aromatic rings. The Kier molecular flexibility index (Phi) is 4.37. The first-order valence-electron chi connectivity index (χ1n) is 6.42. The molecule has 5 heteroatoms. The van der Waals surface area contributed by atoms with Crippen molar-refractivity contribution in [1.82, 2.24) is 9.97 Å². The standard InChI is InChI=1S/C14H20N4S/c1-9(7-12-6-5-11(3)19-12)16-13-8-10(2)17-14(15-4)18-13/h5-6,8-9H,7H2,1-4H3,(H2,15,16,17,18). The van der Waals surface area contributed by atoms with Crippen LogP contribution < -0.4 is 10.6 Å². The number of hydrogen-bond acceptors (Lipinski definition) is 5. The highest BCUT2D eigenvalue weighted by Gasteiger charge is 2.07. The van der Waals surface area contributed by atoms with Gasteiger partial charge in [-0.25, -0.2) is 4.98 Å². The lowest BCUT2D eigenvalue weighted by atomic mass is 10.2. The molecule has 4 nitrogen and oxygen atoms in total. The summed E-state index contributed by atoms with van der Waals surface area (Å²) in [6, 6.07) is 6.68. The van der Waals surface area contributed by atoms with Crippen molar-refractivity contribution in [2.75, 3.05) is 17.7 Å². The van der Waals surface area contributed by atoms with Gasteiger partial charge in [0.2, 0.25) is 5.95 Å². The SMILES string of the molecule is CNc1nc(C)cc(NC(C)Cc2ccc(C)s2)n1. The maximum atomic E-state index is 4.41. The summed E-state index contributed by atoms with van der Waals surface area (Å²) < 4.78 is 0. The Morgan fingerprint density at radius 2 is 2.05 bits per heavy atom. The molecule has 2 N–H and O–H groups in total. The van der Waals surface area contributed by atoms with Crippen LogP contribution in [-0.4, -0.2) is 23.1 Å². The van der Waals surface area contributed by atoms with Crippen LogP contribution in [0, 0.1) is 13.8 Å². The first-order chi connectivity index (χ1) is 9.06. The Morgan fingerprint density at radius 3 is 2.68 bits per heavy atom. The molecule has 0 aliphatic carbocycles. The minimum atomic E-state index is 0.344. The van der Waals surface area contributed by atoms with Gasteiger partial charge in [-0.1, -0.05) is 0 Å². The topological polar surface area (TPSA) is 49.8 Å². The Bertz CT molecular complexity index is 550. The van der Waals surface area contributed by atoms with Crippen LogP contribution in [-0.2, 0) is 6.42 Å². The van der Waals surface area contributed by atoms with Crippen molar-refractivity contribution in [3.8, 4) is 0 Å². The summed E-state index contributed by atoms with van der Waals surface area (Å²) in [6.07, 6.45) is 1.01. The van der Waals surface area contributed by atoms with Crippen LogP contribution in [0.1, 0.15) is 22.4 Å². The summed E-state index contributed by atoms with van der Waals surface area (Å²) in [4.78, 5) is 11.5. The summed E-state index contributed by atoms with van der Waals surface area (Å²) in [5.74, 6) is 1.53. The summed E-state index contributed by atoms with van der Waals surface area (Å²) >= 11 is 1.85. The largest absolute Gasteiger partial charge is 0.367 e. The van der Waals surface area contributed by atoms with Crippen LogP contribution in [0.5, 0.6) is 0 Å². The van der Waals surface area contributed by atoms with Gasteiger partial charge in [0.1, 0.15) is 5.82 Å². The van der Waals surface area contributed by atoms with E-state index in [9.17, 15) is 0 Å². The number of aryl methyl sites for hydroxylation is 2. The Balaban J connectivity index is 2.02. The third-order valence-corrected chi connectivity index (χ3v) is 3.80. The third kappa shape index (κ3) is 3.92. The van der Waals surface area contributed by atoms with Crippen LogP contribution in [0.2, 0.25) is 0 Å². The second-order valence-corrected chi connectivity index (χ2v) is 6.10. The van der Waals surface area contributed by atoms with Gasteiger partial charge in [0.05, 0.1) is 0 Å². The quantitative estimate of drug-likeness (QED) is 0.880. The molecule has 2 rings (SSSR count). The van der Waals surface area contributed by atoms with Crippen molar-refractivity contribution in [1.29, 1.82) is 0 Å². The van der Waals surface area contributed by atoms with Gasteiger partial charge in [-0.2, -0.15) is 4.98 Å². The van der Waals surface area contributed by atoms with Gasteiger partial charge in [0.15, 0.2) is 0 Å². The van der Waals surface area contributed by atoms with E-state index >= 15 is 0 Å². The smallest absolute Gasteiger partial charge is 0.224 e. The van der Waals surface area contributed by atoms with Gasteiger partial charge >= 0.3 is 0 Å². The van der Waals surface area contributed by atoms with Gasteiger partial charge in [0.25, 0.3) is 0 Å². The zero-order chi connectivity index (χ0) is 13.8. The number of rotatable bonds is 5. The number of aromatic nitrogens is 2. The maximum absolute atomic E-state index is 4.41. The fraction of sp³-hybridized carbons (Fsp3) is 0.429. The normalized spacial score (nSPS) is 12.2. The summed E-state index contributed by atoms with van der Waals surface area (Å²) in [6.45, 7) is 6.28. The minimum absolute atomic E-state index is 0.344. The summed E-state index contributed by atoms with van der Waals surface area (Å²) in [5, 5.41) is 6.41. The van der Waals surface area contributed by atoms with Crippen molar-refractivity contribution in [2.24, 2.45) is 0 Å². The van der Waals surface area contributed by atoms with Gasteiger partial charge in [-0.3, -0.25) is 0 Å². The molecule has 0 aliphatic heterocycles. The molecule has 1 atom stereocenters. The van der Waals surface area contributed by atoms with Gasteiger partial charge in [-0.15, -0.1) is 11.3 Å². The average Bonchev–Trinajstić information content (AvgIpc) is 2.73. The number of thiophene rings is 1. The van der Waals surface area contributed by atoms with Crippen LogP contribution in [0.4, 0.5) is 11.8 Å². The third-order valence-electron chi connectivity index (χ3n) is 2.78. The van der Waals surface area contributed by atoms with E-state index in [1.807, 2.05) is 31.4 Å². The molecule has 1 unspecified atom stereocenters. The van der Waals surface area contributed by atoms with Crippen molar-refractivity contribution in [3.63, 3.8) is 0 Å². The van der Waals surface area contributed by atoms with E-state index in [1.165, 1.54) is 9.75 Å². The number of hydrogen-bond donors (Lipinski definition) is 2. The summed E-state index contributed by atoms with van der Waals surface area (Å²) in [5.41, 5.74) is 0.959. The fourth-order valence-electron chi connectivity index (χ4n) is 1.95. The van der Waals surface area contributed by atoms with Crippen molar-refractivity contribution in [3.05, 3.63) is 33.6 Å². The van der Waals surface area contributed by atoms with Crippen LogP contribution >= 0.6 is 11.3 Å². The minimum Gasteiger partial charge on any atom is -0.367 e. The molecule has 102 valence electrons. The lowest BCUT2D eigenvalue weighted by molar-refractivity contribution is 0.793. The molecule has 0 spiro atoms. The number of anilines is 2. The van der Waals surface area contributed by atoms with Crippen LogP contribution in [0.25, 0.3) is 0 Å². The first-order valence-corrected chi connectivity index (χ1v) is 7.24. The van der Waals surface area contributed by atoms with E-state index < -0.39 is 0 Å². The highest BCUT2D eigenvalue weighted by Crippen LogP contribution is 2.18. The van der Waals surface area contributed by atoms with E-state index in [-0.39, 0.29) is 0 Å². The molecule has 0 aliphatic rings. The monoisotopic (exact) mass is 276 g/mol. The van der Waals surface area contributed by atoms with Crippen molar-refractivity contribution < 1.29 is 0 Å². The molecular formula is C14H20N4S. The maximum Gasteiger partial charge on any atom is 0.224 e. The molecule has 0 saturated heterocycles. The van der Waals surface area contributed by atoms with E-state index in [4.69, 9.17) is 0 Å². The van der Waals surface area contributed by atoms with E-state index in [1.54, 1.807) is 0 Å². The Morgan fingerprint density at radius 1 is 1.26 bits per heavy atom. The molecule has 0 fully saturated rings. The van der Waals surface area contributed by atoms with Crippen LogP contribution in [0.3, 0.4) is 0 Å². The molecule has 19 heavy (non-hydrogen) atoms. The fourth-order valence-corrected chi connectivity index (χ4v) is 2.97. The molecular weight excluding hydrogens is 256 g/mol. The molecule has 0 aromatic carbocycles. The van der Waals surface area contributed by atoms with Crippen molar-refractivity contribution in [2.45, 2.75) is 33.2 Å². The van der Waals surface area contributed by atoms with Gasteiger partial charge in [0, 0.05) is 41.0 Å². The number of nitrogens with one attached hydrogen (secondary N) is 2.